The van der Waals surface area contributed by atoms with E-state index in [0.717, 1.165) is 52.4 Å². The predicted molar refractivity (Wildman–Crippen MR) is 124 cm³/mol. The van der Waals surface area contributed by atoms with Gasteiger partial charge in [-0.2, -0.15) is 4.99 Å². The number of hydrazine groups is 1. The number of hydrogen-bond donors (Lipinski definition) is 1. The van der Waals surface area contributed by atoms with Gasteiger partial charge in [0.15, 0.2) is 0 Å². The number of H-pyrrole nitrogens is 1. The summed E-state index contributed by atoms with van der Waals surface area (Å²) in [6, 6.07) is 14.6. The zero-order valence-electron chi connectivity index (χ0n) is 18.8. The van der Waals surface area contributed by atoms with Crippen molar-refractivity contribution in [3.05, 3.63) is 53.7 Å². The molecule has 0 saturated heterocycles. The van der Waals surface area contributed by atoms with E-state index in [1.807, 2.05) is 55.3 Å². The van der Waals surface area contributed by atoms with Crippen molar-refractivity contribution < 1.29 is 14.2 Å². The van der Waals surface area contributed by atoms with Gasteiger partial charge in [0.05, 0.1) is 19.4 Å². The van der Waals surface area contributed by atoms with E-state index in [1.165, 1.54) is 0 Å². The Bertz CT molecular complexity index is 1090. The van der Waals surface area contributed by atoms with E-state index < -0.39 is 6.23 Å². The van der Waals surface area contributed by atoms with Crippen LogP contribution in [0.2, 0.25) is 0 Å². The number of hydrogen-bond acceptors (Lipinski definition) is 6. The first-order valence-electron chi connectivity index (χ1n) is 10.8. The zero-order valence-corrected chi connectivity index (χ0v) is 18.8. The number of methoxy groups -OCH3 is 1. The van der Waals surface area contributed by atoms with Gasteiger partial charge in [-0.3, -0.25) is 0 Å². The number of aryl methyl sites for hydroxylation is 1. The lowest BCUT2D eigenvalue weighted by atomic mass is 10.1. The summed E-state index contributed by atoms with van der Waals surface area (Å²) in [4.78, 5) is 8.20. The highest BCUT2D eigenvalue weighted by molar-refractivity contribution is 5.94. The number of fused-ring (bicyclic) bond motifs is 2. The minimum absolute atomic E-state index is 0.517. The molecule has 7 heteroatoms. The normalized spacial score (nSPS) is 15.7. The van der Waals surface area contributed by atoms with Crippen LogP contribution in [-0.4, -0.2) is 42.8 Å². The molecule has 164 valence electrons. The maximum absolute atomic E-state index is 6.39. The molecule has 1 aliphatic rings. The largest absolute Gasteiger partial charge is 0.497 e. The molecule has 2 aromatic carbocycles. The third-order valence-electron chi connectivity index (χ3n) is 5.40. The number of aromatic nitrogens is 1. The third kappa shape index (κ3) is 4.05. The molecule has 0 spiro atoms. The topological polar surface area (TPSA) is 62.3 Å². The number of nitrogens with one attached hydrogen (secondary N) is 1. The van der Waals surface area contributed by atoms with E-state index in [4.69, 9.17) is 19.2 Å². The van der Waals surface area contributed by atoms with Crippen LogP contribution in [0.15, 0.2) is 47.5 Å². The second-order valence-corrected chi connectivity index (χ2v) is 7.39. The van der Waals surface area contributed by atoms with Gasteiger partial charge in [-0.1, -0.05) is 13.8 Å². The van der Waals surface area contributed by atoms with Gasteiger partial charge in [-0.15, -0.1) is 0 Å². The van der Waals surface area contributed by atoms with E-state index in [0.29, 0.717) is 12.6 Å². The molecule has 0 saturated carbocycles. The van der Waals surface area contributed by atoms with E-state index in [2.05, 4.69) is 29.9 Å². The van der Waals surface area contributed by atoms with Gasteiger partial charge < -0.3 is 19.2 Å². The molecule has 0 radical (unpaired) electrons. The molecular weight excluding hydrogens is 392 g/mol. The van der Waals surface area contributed by atoms with Crippen molar-refractivity contribution in [3.63, 3.8) is 0 Å². The number of amidine groups is 1. The Morgan fingerprint density at radius 2 is 1.81 bits per heavy atom. The quantitative estimate of drug-likeness (QED) is 0.578. The first-order chi connectivity index (χ1) is 15.1. The van der Waals surface area contributed by atoms with Crippen molar-refractivity contribution in [1.29, 1.82) is 0 Å². The van der Waals surface area contributed by atoms with Crippen molar-refractivity contribution in [2.45, 2.75) is 33.9 Å². The highest BCUT2D eigenvalue weighted by Crippen LogP contribution is 2.39. The number of nitrogens with zero attached hydrogens (tertiary/aromatic N) is 3. The summed E-state index contributed by atoms with van der Waals surface area (Å²) in [6.07, 6.45) is -0.545. The van der Waals surface area contributed by atoms with E-state index >= 15 is 0 Å². The lowest BCUT2D eigenvalue weighted by Crippen LogP contribution is -2.50. The minimum atomic E-state index is -0.545. The first kappa shape index (κ1) is 21.1. The maximum Gasteiger partial charge on any atom is 0.311 e. The molecule has 1 N–H and O–H groups in total. The Labute approximate surface area is 183 Å². The second-order valence-electron chi connectivity index (χ2n) is 7.39. The van der Waals surface area contributed by atoms with E-state index in [-0.39, 0.29) is 0 Å². The molecule has 2 heterocycles. The summed E-state index contributed by atoms with van der Waals surface area (Å²) < 4.78 is 17.8. The van der Waals surface area contributed by atoms with E-state index in [1.54, 1.807) is 7.11 Å². The van der Waals surface area contributed by atoms with Crippen LogP contribution in [0.3, 0.4) is 0 Å². The summed E-state index contributed by atoms with van der Waals surface area (Å²) in [6.45, 7) is 10.4. The molecule has 0 amide bonds. The number of aromatic amines is 1. The molecule has 3 aromatic rings. The number of aliphatic imine (C=N–C) groups is 1. The number of anilines is 1. The molecule has 1 aliphatic heterocycles. The maximum atomic E-state index is 6.39. The Balaban J connectivity index is 1.78. The van der Waals surface area contributed by atoms with Gasteiger partial charge in [-0.05, 0) is 56.3 Å². The average Bonchev–Trinajstić information content (AvgIpc) is 3.15. The molecule has 0 aliphatic carbocycles. The fourth-order valence-corrected chi connectivity index (χ4v) is 3.93. The molecule has 1 atom stereocenters. The van der Waals surface area contributed by atoms with Gasteiger partial charge in [0.1, 0.15) is 11.5 Å². The summed E-state index contributed by atoms with van der Waals surface area (Å²) in [7, 11) is 1.67. The fraction of sp³-hybridized carbons (Fsp3) is 0.375. The van der Waals surface area contributed by atoms with Crippen molar-refractivity contribution in [2.24, 2.45) is 4.99 Å². The molecule has 0 bridgehead atoms. The Morgan fingerprint density at radius 3 is 2.52 bits per heavy atom. The number of rotatable bonds is 7. The van der Waals surface area contributed by atoms with Gasteiger partial charge in [0.2, 0.25) is 6.23 Å². The third-order valence-corrected chi connectivity index (χ3v) is 5.40. The number of benzene rings is 2. The lowest BCUT2D eigenvalue weighted by Gasteiger charge is -2.39. The van der Waals surface area contributed by atoms with Crippen LogP contribution in [0.1, 0.15) is 38.3 Å². The van der Waals surface area contributed by atoms with Gasteiger partial charge in [-0.25, -0.2) is 10.0 Å². The Hall–Kier alpha value is -3.19. The van der Waals surface area contributed by atoms with Crippen LogP contribution in [0.4, 0.5) is 5.69 Å². The minimum Gasteiger partial charge on any atom is -0.497 e. The molecule has 4 rings (SSSR count). The van der Waals surface area contributed by atoms with Crippen LogP contribution in [0.5, 0.6) is 11.5 Å². The molecule has 1 unspecified atom stereocenters. The van der Waals surface area contributed by atoms with Gasteiger partial charge in [0.25, 0.3) is 0 Å². The van der Waals surface area contributed by atoms with Crippen molar-refractivity contribution in [2.75, 3.05) is 31.8 Å². The first-order valence-corrected chi connectivity index (χ1v) is 10.8. The molecule has 0 fully saturated rings. The molecule has 7 nitrogen and oxygen atoms in total. The van der Waals surface area contributed by atoms with Gasteiger partial charge in [0, 0.05) is 35.2 Å². The predicted octanol–water partition coefficient (Wildman–Crippen LogP) is 5.03. The summed E-state index contributed by atoms with van der Waals surface area (Å²) >= 11 is 0. The van der Waals surface area contributed by atoms with Crippen LogP contribution in [0, 0.1) is 6.92 Å². The van der Waals surface area contributed by atoms with Gasteiger partial charge >= 0.3 is 6.02 Å². The van der Waals surface area contributed by atoms with Crippen LogP contribution >= 0.6 is 0 Å². The van der Waals surface area contributed by atoms with Crippen LogP contribution < -0.4 is 14.5 Å². The van der Waals surface area contributed by atoms with E-state index in [9.17, 15) is 0 Å². The molecule has 31 heavy (non-hydrogen) atoms. The molecular formula is C24H30N4O3. The summed E-state index contributed by atoms with van der Waals surface area (Å²) in [5.41, 5.74) is 4.11. The highest BCUT2D eigenvalue weighted by Gasteiger charge is 2.33. The Morgan fingerprint density at radius 1 is 1.03 bits per heavy atom. The number of ether oxygens (including phenoxy) is 3. The lowest BCUT2D eigenvalue weighted by molar-refractivity contribution is 0.189. The standard InChI is InChI=1S/C24H30N4O3/c1-6-27(7-2)28-22-12-10-18(29-5)15-20(22)23(26-24(28)30-8-3)31-19-9-11-21-17(14-19)13-16(4)25-21/h9-15,23,25H,6-8H2,1-5H3. The SMILES string of the molecule is CCOC1=NC(Oc2ccc3[nH]c(C)cc3c2)c2cc(OC)ccc2N1N(CC)CC. The monoisotopic (exact) mass is 422 g/mol. The van der Waals surface area contributed by atoms with Crippen LogP contribution in [0.25, 0.3) is 10.9 Å². The van der Waals surface area contributed by atoms with Crippen molar-refractivity contribution in [3.8, 4) is 11.5 Å². The second kappa shape index (κ2) is 8.89. The van der Waals surface area contributed by atoms with Crippen molar-refractivity contribution in [1.82, 2.24) is 9.99 Å². The smallest absolute Gasteiger partial charge is 0.311 e. The van der Waals surface area contributed by atoms with Crippen molar-refractivity contribution >= 4 is 22.6 Å². The zero-order chi connectivity index (χ0) is 22.0. The Kier molecular flexibility index (Phi) is 6.04. The fourth-order valence-electron chi connectivity index (χ4n) is 3.93. The summed E-state index contributed by atoms with van der Waals surface area (Å²) in [5.74, 6) is 1.51. The highest BCUT2D eigenvalue weighted by atomic mass is 16.5. The average molecular weight is 423 g/mol. The summed E-state index contributed by atoms with van der Waals surface area (Å²) in [5, 5.41) is 5.33. The van der Waals surface area contributed by atoms with Crippen LogP contribution in [-0.2, 0) is 4.74 Å². The molecule has 1 aromatic heterocycles.